The lowest BCUT2D eigenvalue weighted by Gasteiger charge is -1.96. The van der Waals surface area contributed by atoms with E-state index in [1.165, 1.54) is 0 Å². The van der Waals surface area contributed by atoms with E-state index in [0.29, 0.717) is 19.3 Å². The van der Waals surface area contributed by atoms with E-state index in [0.717, 1.165) is 6.42 Å². The summed E-state index contributed by atoms with van der Waals surface area (Å²) in [4.78, 5) is 19.8. The molecule has 0 saturated carbocycles. The number of aliphatic hydroxyl groups is 5. The number of aliphatic carboxylic acids is 2. The quantitative estimate of drug-likeness (QED) is 0.210. The van der Waals surface area contributed by atoms with Gasteiger partial charge in [-0.2, -0.15) is 0 Å². The highest BCUT2D eigenvalue weighted by molar-refractivity contribution is 5.67. The molecule has 9 heteroatoms. The zero-order chi connectivity index (χ0) is 18.0. The largest absolute Gasteiger partial charge is 0.481 e. The van der Waals surface area contributed by atoms with Crippen LogP contribution in [0.4, 0.5) is 0 Å². The second-order valence-corrected chi connectivity index (χ2v) is 4.28. The van der Waals surface area contributed by atoms with Crippen LogP contribution >= 0.6 is 0 Å². The molecule has 0 unspecified atom stereocenters. The van der Waals surface area contributed by atoms with Crippen LogP contribution in [0.3, 0.4) is 0 Å². The van der Waals surface area contributed by atoms with Gasteiger partial charge in [0.1, 0.15) is 6.10 Å². The van der Waals surface area contributed by atoms with E-state index in [9.17, 15) is 9.59 Å². The average molecular weight is 328 g/mol. The Bertz CT molecular complexity index is 236. The number of carbonyl (C=O) groups is 2. The van der Waals surface area contributed by atoms with Gasteiger partial charge in [0.2, 0.25) is 0 Å². The Hall–Kier alpha value is -1.26. The molecule has 0 fully saturated rings. The second kappa shape index (κ2) is 19.7. The molecule has 22 heavy (non-hydrogen) atoms. The molecule has 0 aliphatic heterocycles. The summed E-state index contributed by atoms with van der Waals surface area (Å²) in [5.74, 6) is -1.74. The molecule has 0 bridgehead atoms. The van der Waals surface area contributed by atoms with Crippen molar-refractivity contribution in [2.45, 2.75) is 57.8 Å². The standard InChI is InChI=1S/C6H10O4.C4H10O2.C3H8O3/c7-5(8)3-1-2-4-6(9)10;1-2-3-4(5)6;4-1-3(6)2-5/h1-4H2,(H,7,8)(H,9,10);4-6H,2-3H2,1H3;3-6H,1-2H2. The van der Waals surface area contributed by atoms with Crippen LogP contribution < -0.4 is 0 Å². The lowest BCUT2D eigenvalue weighted by molar-refractivity contribution is -0.139. The van der Waals surface area contributed by atoms with Crippen LogP contribution in [0.1, 0.15) is 45.4 Å². The van der Waals surface area contributed by atoms with Crippen molar-refractivity contribution in [3.05, 3.63) is 0 Å². The van der Waals surface area contributed by atoms with Crippen LogP contribution in [0.2, 0.25) is 0 Å². The highest BCUT2D eigenvalue weighted by atomic mass is 16.5. The van der Waals surface area contributed by atoms with Gasteiger partial charge in [-0.1, -0.05) is 13.3 Å². The molecule has 9 nitrogen and oxygen atoms in total. The Kier molecular flexibility index (Phi) is 23.0. The van der Waals surface area contributed by atoms with Gasteiger partial charge in [0.05, 0.1) is 13.2 Å². The van der Waals surface area contributed by atoms with Crippen LogP contribution in [0.25, 0.3) is 0 Å². The van der Waals surface area contributed by atoms with Gasteiger partial charge < -0.3 is 35.7 Å². The molecule has 0 aromatic carbocycles. The highest BCUT2D eigenvalue weighted by Gasteiger charge is 1.99. The molecule has 0 atom stereocenters. The topological polar surface area (TPSA) is 176 Å². The smallest absolute Gasteiger partial charge is 0.303 e. The summed E-state index contributed by atoms with van der Waals surface area (Å²) in [6, 6.07) is 0. The summed E-state index contributed by atoms with van der Waals surface area (Å²) in [7, 11) is 0. The van der Waals surface area contributed by atoms with E-state index < -0.39 is 24.3 Å². The van der Waals surface area contributed by atoms with Gasteiger partial charge in [0.25, 0.3) is 0 Å². The maximum atomic E-state index is 9.90. The van der Waals surface area contributed by atoms with Crippen LogP contribution in [0, 0.1) is 0 Å². The third kappa shape index (κ3) is 36.3. The van der Waals surface area contributed by atoms with Crippen molar-refractivity contribution < 1.29 is 45.3 Å². The predicted molar refractivity (Wildman–Crippen MR) is 77.1 cm³/mol. The zero-order valence-corrected chi connectivity index (χ0v) is 12.8. The summed E-state index contributed by atoms with van der Waals surface area (Å²) >= 11 is 0. The molecule has 7 N–H and O–H groups in total. The van der Waals surface area contributed by atoms with Crippen molar-refractivity contribution in [3.8, 4) is 0 Å². The molecule has 0 amide bonds. The van der Waals surface area contributed by atoms with Crippen LogP contribution in [0.5, 0.6) is 0 Å². The van der Waals surface area contributed by atoms with Crippen molar-refractivity contribution in [1.82, 2.24) is 0 Å². The van der Waals surface area contributed by atoms with Crippen LogP contribution in [-0.4, -0.2) is 73.3 Å². The van der Waals surface area contributed by atoms with Gasteiger partial charge in [-0.25, -0.2) is 0 Å². The Morgan fingerprint density at radius 1 is 0.864 bits per heavy atom. The summed E-state index contributed by atoms with van der Waals surface area (Å²) in [5, 5.41) is 56.5. The molecule has 0 spiro atoms. The molecule has 0 radical (unpaired) electrons. The number of carboxylic acid groups (broad SMARTS) is 2. The number of carboxylic acids is 2. The molecule has 0 aromatic heterocycles. The van der Waals surface area contributed by atoms with Gasteiger partial charge in [-0.05, 0) is 19.3 Å². The Morgan fingerprint density at radius 3 is 1.32 bits per heavy atom. The second-order valence-electron chi connectivity index (χ2n) is 4.28. The van der Waals surface area contributed by atoms with Crippen molar-refractivity contribution in [1.29, 1.82) is 0 Å². The molecule has 0 aliphatic rings. The maximum Gasteiger partial charge on any atom is 0.303 e. The summed E-state index contributed by atoms with van der Waals surface area (Å²) in [6.45, 7) is 1.17. The number of aliphatic hydroxyl groups excluding tert-OH is 4. The molecule has 0 rings (SSSR count). The monoisotopic (exact) mass is 328 g/mol. The molecule has 0 heterocycles. The number of hydrogen-bond acceptors (Lipinski definition) is 7. The van der Waals surface area contributed by atoms with E-state index in [2.05, 4.69) is 0 Å². The maximum absolute atomic E-state index is 9.90. The Balaban J connectivity index is -0.000000261. The zero-order valence-electron chi connectivity index (χ0n) is 12.8. The minimum absolute atomic E-state index is 0.0628. The first-order valence-corrected chi connectivity index (χ1v) is 6.90. The van der Waals surface area contributed by atoms with Crippen LogP contribution in [-0.2, 0) is 9.59 Å². The molecular weight excluding hydrogens is 300 g/mol. The normalized spacial score (nSPS) is 9.64. The van der Waals surface area contributed by atoms with Gasteiger partial charge in [0.15, 0.2) is 6.29 Å². The third-order valence-electron chi connectivity index (χ3n) is 2.00. The lowest BCUT2D eigenvalue weighted by Crippen LogP contribution is -2.15. The molecule has 0 saturated heterocycles. The SMILES string of the molecule is CCCC(O)O.O=C(O)CCCCC(=O)O.OCC(O)CO. The first kappa shape index (κ1) is 25.7. The lowest BCUT2D eigenvalue weighted by atomic mass is 10.2. The molecule has 0 aromatic rings. The fraction of sp³-hybridized carbons (Fsp3) is 0.846. The highest BCUT2D eigenvalue weighted by Crippen LogP contribution is 1.98. The van der Waals surface area contributed by atoms with E-state index in [1.807, 2.05) is 6.92 Å². The van der Waals surface area contributed by atoms with Gasteiger partial charge in [0, 0.05) is 12.8 Å². The predicted octanol–water partition coefficient (Wildman–Crippen LogP) is -0.855. The number of unbranched alkanes of at least 4 members (excludes halogenated alkanes) is 1. The fourth-order valence-electron chi connectivity index (χ4n) is 0.868. The summed E-state index contributed by atoms with van der Waals surface area (Å²) < 4.78 is 0. The van der Waals surface area contributed by atoms with Crippen molar-refractivity contribution >= 4 is 11.9 Å². The van der Waals surface area contributed by atoms with E-state index >= 15 is 0 Å². The molecule has 0 aliphatic carbocycles. The first-order chi connectivity index (χ1) is 10.2. The first-order valence-electron chi connectivity index (χ1n) is 6.90. The average Bonchev–Trinajstić information content (AvgIpc) is 2.43. The third-order valence-corrected chi connectivity index (χ3v) is 2.00. The molecule has 134 valence electrons. The summed E-state index contributed by atoms with van der Waals surface area (Å²) in [6.07, 6.45) is 0.279. The summed E-state index contributed by atoms with van der Waals surface area (Å²) in [5.41, 5.74) is 0. The Labute approximate surface area is 129 Å². The van der Waals surface area contributed by atoms with E-state index in [-0.39, 0.29) is 26.1 Å². The van der Waals surface area contributed by atoms with Crippen molar-refractivity contribution in [2.75, 3.05) is 13.2 Å². The van der Waals surface area contributed by atoms with E-state index in [1.54, 1.807) is 0 Å². The fourth-order valence-corrected chi connectivity index (χ4v) is 0.868. The molecular formula is C13H28O9. The minimum atomic E-state index is -1.10. The van der Waals surface area contributed by atoms with Crippen molar-refractivity contribution in [2.24, 2.45) is 0 Å². The number of rotatable bonds is 9. The Morgan fingerprint density at radius 2 is 1.23 bits per heavy atom. The van der Waals surface area contributed by atoms with E-state index in [4.69, 9.17) is 35.7 Å². The van der Waals surface area contributed by atoms with Gasteiger partial charge in [-0.15, -0.1) is 0 Å². The van der Waals surface area contributed by atoms with Crippen molar-refractivity contribution in [3.63, 3.8) is 0 Å². The van der Waals surface area contributed by atoms with Crippen LogP contribution in [0.15, 0.2) is 0 Å². The minimum Gasteiger partial charge on any atom is -0.481 e. The van der Waals surface area contributed by atoms with Gasteiger partial charge in [-0.3, -0.25) is 9.59 Å². The number of hydrogen-bond donors (Lipinski definition) is 7. The van der Waals surface area contributed by atoms with Gasteiger partial charge >= 0.3 is 11.9 Å².